The molecule has 1 heterocycles. The zero-order chi connectivity index (χ0) is 14.2. The quantitative estimate of drug-likeness (QED) is 0.920. The van der Waals surface area contributed by atoms with E-state index >= 15 is 0 Å². The Morgan fingerprint density at radius 1 is 1.11 bits per heavy atom. The minimum atomic E-state index is -0.874. The molecule has 0 aliphatic heterocycles. The van der Waals surface area contributed by atoms with E-state index in [1.165, 1.54) is 11.3 Å². The molecule has 0 aliphatic carbocycles. The molecular weight excluding hydrogens is 260 g/mol. The fraction of sp³-hybridized carbons (Fsp3) is 0.267. The zero-order valence-electron chi connectivity index (χ0n) is 11.4. The van der Waals surface area contributed by atoms with Crippen molar-refractivity contribution in [3.8, 4) is 16.2 Å². The fourth-order valence-corrected chi connectivity index (χ4v) is 3.28. The highest BCUT2D eigenvalue weighted by Crippen LogP contribution is 2.36. The summed E-state index contributed by atoms with van der Waals surface area (Å²) in [5.41, 5.74) is 4.15. The number of hydrogen-bond donors (Lipinski definition) is 1. The summed E-state index contributed by atoms with van der Waals surface area (Å²) < 4.78 is 5.35. The highest BCUT2D eigenvalue weighted by Gasteiger charge is 2.14. The van der Waals surface area contributed by atoms with Crippen LogP contribution in [0.5, 0.6) is 5.75 Å². The zero-order valence-corrected chi connectivity index (χ0v) is 12.2. The molecule has 0 radical (unpaired) electrons. The lowest BCUT2D eigenvalue weighted by atomic mass is 10.0. The van der Waals surface area contributed by atoms with Gasteiger partial charge in [-0.05, 0) is 61.2 Å². The first-order chi connectivity index (χ1) is 8.93. The molecule has 0 saturated heterocycles. The Kier molecular flexibility index (Phi) is 3.62. The van der Waals surface area contributed by atoms with Gasteiger partial charge in [-0.15, -0.1) is 11.3 Å². The smallest absolute Gasteiger partial charge is 0.345 e. The number of methoxy groups -OCH3 is 1. The van der Waals surface area contributed by atoms with Crippen LogP contribution in [0.1, 0.15) is 26.4 Å². The fourth-order valence-electron chi connectivity index (χ4n) is 2.28. The van der Waals surface area contributed by atoms with Crippen molar-refractivity contribution in [2.45, 2.75) is 20.8 Å². The summed E-state index contributed by atoms with van der Waals surface area (Å²) in [4.78, 5) is 12.4. The topological polar surface area (TPSA) is 46.5 Å². The molecular formula is C15H16O3S. The third-order valence-corrected chi connectivity index (χ3v) is 4.33. The van der Waals surface area contributed by atoms with E-state index in [0.29, 0.717) is 4.88 Å². The highest BCUT2D eigenvalue weighted by molar-refractivity contribution is 7.17. The lowest BCUT2D eigenvalue weighted by molar-refractivity contribution is 0.0702. The highest BCUT2D eigenvalue weighted by atomic mass is 32.1. The molecule has 2 rings (SSSR count). The Morgan fingerprint density at radius 3 is 2.11 bits per heavy atom. The predicted octanol–water partition coefficient (Wildman–Crippen LogP) is 4.05. The van der Waals surface area contributed by atoms with Crippen LogP contribution in [-0.4, -0.2) is 18.2 Å². The number of carbonyl (C=O) groups is 1. The summed E-state index contributed by atoms with van der Waals surface area (Å²) in [5.74, 6) is 0.0118. The van der Waals surface area contributed by atoms with Crippen LogP contribution in [-0.2, 0) is 0 Å². The molecule has 0 saturated carbocycles. The standard InChI is InChI=1S/C15H16O3S/c1-8-5-11(6-9(2)13(8)18-4)14-10(3)7-12(19-14)15(16)17/h5-7H,1-4H3,(H,16,17). The van der Waals surface area contributed by atoms with E-state index in [1.807, 2.05) is 32.9 Å². The molecule has 1 aromatic carbocycles. The van der Waals surface area contributed by atoms with Gasteiger partial charge in [-0.25, -0.2) is 4.79 Å². The van der Waals surface area contributed by atoms with Gasteiger partial charge in [0, 0.05) is 4.88 Å². The van der Waals surface area contributed by atoms with Crippen LogP contribution in [0.15, 0.2) is 18.2 Å². The molecule has 0 bridgehead atoms. The van der Waals surface area contributed by atoms with Gasteiger partial charge in [0.2, 0.25) is 0 Å². The minimum Gasteiger partial charge on any atom is -0.496 e. The Morgan fingerprint density at radius 2 is 1.68 bits per heavy atom. The summed E-state index contributed by atoms with van der Waals surface area (Å²) in [6.45, 7) is 5.93. The number of carboxylic acids is 1. The van der Waals surface area contributed by atoms with E-state index in [0.717, 1.165) is 32.9 Å². The first kappa shape index (κ1) is 13.6. The maximum atomic E-state index is 11.0. The molecule has 2 aromatic rings. The SMILES string of the molecule is COc1c(C)cc(-c2sc(C(=O)O)cc2C)cc1C. The van der Waals surface area contributed by atoms with E-state index in [4.69, 9.17) is 9.84 Å². The number of rotatable bonds is 3. The largest absolute Gasteiger partial charge is 0.496 e. The second kappa shape index (κ2) is 5.05. The summed E-state index contributed by atoms with van der Waals surface area (Å²) in [5, 5.41) is 9.05. The Bertz CT molecular complexity index is 618. The number of thiophene rings is 1. The van der Waals surface area contributed by atoms with Crippen LogP contribution >= 0.6 is 11.3 Å². The molecule has 0 atom stereocenters. The number of hydrogen-bond acceptors (Lipinski definition) is 3. The van der Waals surface area contributed by atoms with Crippen LogP contribution in [0.4, 0.5) is 0 Å². The van der Waals surface area contributed by atoms with Gasteiger partial charge in [0.1, 0.15) is 10.6 Å². The molecule has 0 amide bonds. The van der Waals surface area contributed by atoms with Gasteiger partial charge in [0.15, 0.2) is 0 Å². The Hall–Kier alpha value is -1.81. The van der Waals surface area contributed by atoms with Gasteiger partial charge < -0.3 is 9.84 Å². The van der Waals surface area contributed by atoms with Crippen molar-refractivity contribution < 1.29 is 14.6 Å². The van der Waals surface area contributed by atoms with Crippen LogP contribution in [0, 0.1) is 20.8 Å². The summed E-state index contributed by atoms with van der Waals surface area (Å²) >= 11 is 1.31. The maximum absolute atomic E-state index is 11.0. The van der Waals surface area contributed by atoms with Gasteiger partial charge in [0.05, 0.1) is 7.11 Å². The van der Waals surface area contributed by atoms with Gasteiger partial charge >= 0.3 is 5.97 Å². The number of carboxylic acid groups (broad SMARTS) is 1. The third-order valence-electron chi connectivity index (χ3n) is 3.06. The van der Waals surface area contributed by atoms with E-state index < -0.39 is 5.97 Å². The first-order valence-electron chi connectivity index (χ1n) is 5.93. The van der Waals surface area contributed by atoms with E-state index in [9.17, 15) is 4.79 Å². The number of aryl methyl sites for hydroxylation is 3. The van der Waals surface area contributed by atoms with Gasteiger partial charge in [-0.1, -0.05) is 0 Å². The summed E-state index contributed by atoms with van der Waals surface area (Å²) in [7, 11) is 1.66. The van der Waals surface area contributed by atoms with Gasteiger partial charge in [0.25, 0.3) is 0 Å². The number of aromatic carboxylic acids is 1. The lowest BCUT2D eigenvalue weighted by Gasteiger charge is -2.11. The second-order valence-electron chi connectivity index (χ2n) is 4.57. The molecule has 0 unspecified atom stereocenters. The minimum absolute atomic E-state index is 0.374. The van der Waals surface area contributed by atoms with Gasteiger partial charge in [-0.3, -0.25) is 0 Å². The van der Waals surface area contributed by atoms with Crippen molar-refractivity contribution >= 4 is 17.3 Å². The summed E-state index contributed by atoms with van der Waals surface area (Å²) in [6.07, 6.45) is 0. The van der Waals surface area contributed by atoms with E-state index in [1.54, 1.807) is 13.2 Å². The van der Waals surface area contributed by atoms with Crippen LogP contribution in [0.3, 0.4) is 0 Å². The Balaban J connectivity index is 2.56. The van der Waals surface area contributed by atoms with Crippen molar-refractivity contribution in [3.05, 3.63) is 39.8 Å². The molecule has 3 nitrogen and oxygen atoms in total. The molecule has 0 fully saturated rings. The molecule has 1 N–H and O–H groups in total. The van der Waals surface area contributed by atoms with E-state index in [-0.39, 0.29) is 0 Å². The van der Waals surface area contributed by atoms with Crippen LogP contribution in [0.2, 0.25) is 0 Å². The second-order valence-corrected chi connectivity index (χ2v) is 5.62. The van der Waals surface area contributed by atoms with Crippen molar-refractivity contribution in [3.63, 3.8) is 0 Å². The number of ether oxygens (including phenoxy) is 1. The molecule has 19 heavy (non-hydrogen) atoms. The van der Waals surface area contributed by atoms with Crippen LogP contribution in [0.25, 0.3) is 10.4 Å². The van der Waals surface area contributed by atoms with Crippen molar-refractivity contribution in [2.75, 3.05) is 7.11 Å². The average molecular weight is 276 g/mol. The number of benzene rings is 1. The predicted molar refractivity (Wildman–Crippen MR) is 77.5 cm³/mol. The Labute approximate surface area is 116 Å². The molecule has 0 spiro atoms. The molecule has 0 aliphatic rings. The average Bonchev–Trinajstić information content (AvgIpc) is 2.71. The van der Waals surface area contributed by atoms with Gasteiger partial charge in [-0.2, -0.15) is 0 Å². The summed E-state index contributed by atoms with van der Waals surface area (Å²) in [6, 6.07) is 5.80. The van der Waals surface area contributed by atoms with E-state index in [2.05, 4.69) is 0 Å². The first-order valence-corrected chi connectivity index (χ1v) is 6.75. The third kappa shape index (κ3) is 2.49. The lowest BCUT2D eigenvalue weighted by Crippen LogP contribution is -1.92. The van der Waals surface area contributed by atoms with Crippen LogP contribution < -0.4 is 4.74 Å². The molecule has 100 valence electrons. The van der Waals surface area contributed by atoms with Crippen molar-refractivity contribution in [1.29, 1.82) is 0 Å². The maximum Gasteiger partial charge on any atom is 0.345 e. The normalized spacial score (nSPS) is 10.5. The van der Waals surface area contributed by atoms with Crippen molar-refractivity contribution in [2.24, 2.45) is 0 Å². The molecule has 1 aromatic heterocycles. The van der Waals surface area contributed by atoms with Crippen molar-refractivity contribution in [1.82, 2.24) is 0 Å². The molecule has 4 heteroatoms. The monoisotopic (exact) mass is 276 g/mol.